The molecule has 0 radical (unpaired) electrons. The molecular formula is C14H16N2O2S. The van der Waals surface area contributed by atoms with Crippen LogP contribution >= 0.6 is 11.3 Å². The predicted molar refractivity (Wildman–Crippen MR) is 74.6 cm³/mol. The van der Waals surface area contributed by atoms with Crippen LogP contribution in [0.4, 0.5) is 0 Å². The number of carbonyl (C=O) groups excluding carboxylic acids is 2. The molecule has 1 unspecified atom stereocenters. The van der Waals surface area contributed by atoms with Crippen molar-refractivity contribution < 1.29 is 9.59 Å². The lowest BCUT2D eigenvalue weighted by Gasteiger charge is -2.14. The molecule has 1 atom stereocenters. The second-order valence-corrected chi connectivity index (χ2v) is 5.47. The Balaban J connectivity index is 1.79. The molecular weight excluding hydrogens is 260 g/mol. The van der Waals surface area contributed by atoms with E-state index >= 15 is 0 Å². The first-order valence-electron chi connectivity index (χ1n) is 6.22. The van der Waals surface area contributed by atoms with Gasteiger partial charge < -0.3 is 10.2 Å². The maximum absolute atomic E-state index is 11.8. The van der Waals surface area contributed by atoms with Crippen molar-refractivity contribution in [1.29, 1.82) is 0 Å². The lowest BCUT2D eigenvalue weighted by molar-refractivity contribution is -0.125. The molecule has 0 spiro atoms. The van der Waals surface area contributed by atoms with Crippen LogP contribution in [0.2, 0.25) is 0 Å². The quantitative estimate of drug-likeness (QED) is 0.838. The van der Waals surface area contributed by atoms with Crippen molar-refractivity contribution in [3.05, 3.63) is 22.4 Å². The molecule has 1 aromatic heterocycles. The number of likely N-dealkylation sites (tertiary alicyclic amines) is 1. The summed E-state index contributed by atoms with van der Waals surface area (Å²) in [5.41, 5.74) is 0. The number of nitrogens with zero attached hydrogens (tertiary/aromatic N) is 1. The Hall–Kier alpha value is -1.80. The van der Waals surface area contributed by atoms with Crippen molar-refractivity contribution >= 4 is 23.2 Å². The molecule has 2 rings (SSSR count). The molecule has 1 fully saturated rings. The first-order chi connectivity index (χ1) is 9.19. The van der Waals surface area contributed by atoms with Crippen molar-refractivity contribution in [2.45, 2.75) is 25.8 Å². The van der Waals surface area contributed by atoms with Gasteiger partial charge in [-0.1, -0.05) is 12.0 Å². The molecule has 2 heterocycles. The van der Waals surface area contributed by atoms with Crippen molar-refractivity contribution in [1.82, 2.24) is 10.2 Å². The summed E-state index contributed by atoms with van der Waals surface area (Å²) in [5.74, 6) is 4.99. The molecule has 5 heteroatoms. The molecule has 0 aromatic carbocycles. The Kier molecular flexibility index (Phi) is 4.58. The minimum absolute atomic E-state index is 0.0170. The molecule has 1 aliphatic heterocycles. The van der Waals surface area contributed by atoms with Gasteiger partial charge in [-0.2, -0.15) is 0 Å². The Morgan fingerprint density at radius 2 is 2.42 bits per heavy atom. The predicted octanol–water partition coefficient (Wildman–Crippen LogP) is 1.03. The number of amides is 2. The van der Waals surface area contributed by atoms with Crippen LogP contribution in [0, 0.1) is 11.8 Å². The summed E-state index contributed by atoms with van der Waals surface area (Å²) in [6.07, 6.45) is 1.21. The molecule has 0 saturated carbocycles. The Labute approximate surface area is 116 Å². The zero-order chi connectivity index (χ0) is 13.7. The second kappa shape index (κ2) is 6.39. The number of carbonyl (C=O) groups is 2. The lowest BCUT2D eigenvalue weighted by Crippen LogP contribution is -2.38. The van der Waals surface area contributed by atoms with Crippen LogP contribution in [0.1, 0.15) is 18.2 Å². The maximum atomic E-state index is 11.8. The zero-order valence-corrected chi connectivity index (χ0v) is 11.6. The highest BCUT2D eigenvalue weighted by Crippen LogP contribution is 2.11. The normalized spacial score (nSPS) is 17.7. The molecule has 1 N–H and O–H groups in total. The average molecular weight is 276 g/mol. The Morgan fingerprint density at radius 3 is 3.11 bits per heavy atom. The molecule has 2 amide bonds. The van der Waals surface area contributed by atoms with E-state index in [1.807, 2.05) is 17.5 Å². The second-order valence-electron chi connectivity index (χ2n) is 4.44. The van der Waals surface area contributed by atoms with Crippen LogP contribution in [-0.4, -0.2) is 35.8 Å². The van der Waals surface area contributed by atoms with Crippen molar-refractivity contribution in [2.75, 3.05) is 13.1 Å². The van der Waals surface area contributed by atoms with Gasteiger partial charge >= 0.3 is 0 Å². The number of thiophene rings is 1. The average Bonchev–Trinajstić information content (AvgIpc) is 3.00. The molecule has 0 bridgehead atoms. The number of rotatable bonds is 3. The Bertz CT molecular complexity index is 513. The van der Waals surface area contributed by atoms with Crippen LogP contribution in [0.5, 0.6) is 0 Å². The fourth-order valence-electron chi connectivity index (χ4n) is 2.10. The summed E-state index contributed by atoms with van der Waals surface area (Å²) < 4.78 is 0. The number of hydrogen-bond donors (Lipinski definition) is 1. The molecule has 1 aromatic rings. The SMILES string of the molecule is CC#CC(=O)N1CCC(NC(=O)Cc2cccs2)C1. The third-order valence-corrected chi connectivity index (χ3v) is 3.86. The van der Waals surface area contributed by atoms with Crippen LogP contribution in [-0.2, 0) is 16.0 Å². The monoisotopic (exact) mass is 276 g/mol. The van der Waals surface area contributed by atoms with Gasteiger partial charge in [0.2, 0.25) is 5.91 Å². The molecule has 1 saturated heterocycles. The van der Waals surface area contributed by atoms with E-state index in [0.717, 1.165) is 11.3 Å². The van der Waals surface area contributed by atoms with Gasteiger partial charge in [-0.25, -0.2) is 0 Å². The largest absolute Gasteiger partial charge is 0.351 e. The van der Waals surface area contributed by atoms with Crippen molar-refractivity contribution in [2.24, 2.45) is 0 Å². The third kappa shape index (κ3) is 3.83. The van der Waals surface area contributed by atoms with Gasteiger partial charge in [0.15, 0.2) is 0 Å². The van der Waals surface area contributed by atoms with Gasteiger partial charge in [0.1, 0.15) is 0 Å². The summed E-state index contributed by atoms with van der Waals surface area (Å²) >= 11 is 1.58. The zero-order valence-electron chi connectivity index (χ0n) is 10.8. The topological polar surface area (TPSA) is 49.4 Å². The molecule has 4 nitrogen and oxygen atoms in total. The van der Waals surface area contributed by atoms with Gasteiger partial charge in [-0.3, -0.25) is 9.59 Å². The Morgan fingerprint density at radius 1 is 1.58 bits per heavy atom. The third-order valence-electron chi connectivity index (χ3n) is 2.99. The summed E-state index contributed by atoms with van der Waals surface area (Å²) in [7, 11) is 0. The first kappa shape index (κ1) is 13.6. The van der Waals surface area contributed by atoms with E-state index in [1.165, 1.54) is 0 Å². The molecule has 19 heavy (non-hydrogen) atoms. The fourth-order valence-corrected chi connectivity index (χ4v) is 2.80. The lowest BCUT2D eigenvalue weighted by atomic mass is 10.2. The minimum atomic E-state index is -0.155. The first-order valence-corrected chi connectivity index (χ1v) is 7.10. The number of nitrogens with one attached hydrogen (secondary N) is 1. The van der Waals surface area contributed by atoms with E-state index in [2.05, 4.69) is 17.2 Å². The summed E-state index contributed by atoms with van der Waals surface area (Å²) in [6.45, 7) is 2.87. The van der Waals surface area contributed by atoms with Gasteiger partial charge in [0, 0.05) is 24.0 Å². The molecule has 100 valence electrons. The summed E-state index contributed by atoms with van der Waals surface area (Å²) in [5, 5.41) is 4.93. The number of hydrogen-bond acceptors (Lipinski definition) is 3. The van der Waals surface area contributed by atoms with Crippen molar-refractivity contribution in [3.63, 3.8) is 0 Å². The molecule has 0 aliphatic carbocycles. The summed E-state index contributed by atoms with van der Waals surface area (Å²) in [6, 6.07) is 3.94. The van der Waals surface area contributed by atoms with Gasteiger partial charge in [0.05, 0.1) is 6.42 Å². The highest BCUT2D eigenvalue weighted by molar-refractivity contribution is 7.10. The smallest absolute Gasteiger partial charge is 0.298 e. The highest BCUT2D eigenvalue weighted by atomic mass is 32.1. The van der Waals surface area contributed by atoms with E-state index in [1.54, 1.807) is 23.2 Å². The van der Waals surface area contributed by atoms with E-state index < -0.39 is 0 Å². The minimum Gasteiger partial charge on any atom is -0.351 e. The van der Waals surface area contributed by atoms with Gasteiger partial charge in [-0.05, 0) is 30.7 Å². The standard InChI is InChI=1S/C14H16N2O2S/c1-2-4-14(18)16-7-6-11(10-16)15-13(17)9-12-5-3-8-19-12/h3,5,8,11H,6-7,9-10H2,1H3,(H,15,17). The van der Waals surface area contributed by atoms with Crippen LogP contribution < -0.4 is 5.32 Å². The van der Waals surface area contributed by atoms with Gasteiger partial charge in [-0.15, -0.1) is 11.3 Å². The van der Waals surface area contributed by atoms with Crippen molar-refractivity contribution in [3.8, 4) is 11.8 Å². The highest BCUT2D eigenvalue weighted by Gasteiger charge is 2.26. The molecule has 1 aliphatic rings. The summed E-state index contributed by atoms with van der Waals surface area (Å²) in [4.78, 5) is 26.1. The van der Waals surface area contributed by atoms with E-state index in [0.29, 0.717) is 19.5 Å². The fraction of sp³-hybridized carbons (Fsp3) is 0.429. The van der Waals surface area contributed by atoms with Crippen LogP contribution in [0.15, 0.2) is 17.5 Å². The van der Waals surface area contributed by atoms with E-state index in [-0.39, 0.29) is 17.9 Å². The van der Waals surface area contributed by atoms with Crippen LogP contribution in [0.25, 0.3) is 0 Å². The van der Waals surface area contributed by atoms with Gasteiger partial charge in [0.25, 0.3) is 5.91 Å². The maximum Gasteiger partial charge on any atom is 0.298 e. The van der Waals surface area contributed by atoms with E-state index in [4.69, 9.17) is 0 Å². The van der Waals surface area contributed by atoms with E-state index in [9.17, 15) is 9.59 Å². The van der Waals surface area contributed by atoms with Crippen LogP contribution in [0.3, 0.4) is 0 Å².